The van der Waals surface area contributed by atoms with Crippen LogP contribution in [0.1, 0.15) is 21.7 Å². The van der Waals surface area contributed by atoms with Gasteiger partial charge in [-0.25, -0.2) is 9.48 Å². The number of nitrogens with two attached hydrogens (primary N) is 1. The lowest BCUT2D eigenvalue weighted by Gasteiger charge is -2.05. The molecule has 2 aromatic rings. The molecule has 2 aromatic heterocycles. The predicted octanol–water partition coefficient (Wildman–Crippen LogP) is -0.854. The van der Waals surface area contributed by atoms with Crippen LogP contribution >= 0.6 is 0 Å². The number of carboxylic acid groups (broad SMARTS) is 1. The van der Waals surface area contributed by atoms with Gasteiger partial charge in [-0.1, -0.05) is 5.21 Å². The van der Waals surface area contributed by atoms with Gasteiger partial charge in [-0.2, -0.15) is 0 Å². The minimum atomic E-state index is -1.04. The first kappa shape index (κ1) is 14.6. The van der Waals surface area contributed by atoms with Crippen molar-refractivity contribution in [3.63, 3.8) is 0 Å². The molecule has 0 saturated heterocycles. The first-order valence-electron chi connectivity index (χ1n) is 6.12. The van der Waals surface area contributed by atoms with Crippen molar-refractivity contribution in [3.05, 3.63) is 41.5 Å². The van der Waals surface area contributed by atoms with Crippen LogP contribution in [-0.4, -0.2) is 37.0 Å². The Morgan fingerprint density at radius 2 is 2.19 bits per heavy atom. The predicted molar refractivity (Wildman–Crippen MR) is 71.0 cm³/mol. The van der Waals surface area contributed by atoms with Gasteiger partial charge < -0.3 is 16.2 Å². The fourth-order valence-electron chi connectivity index (χ4n) is 1.61. The van der Waals surface area contributed by atoms with Crippen LogP contribution in [0.2, 0.25) is 0 Å². The summed E-state index contributed by atoms with van der Waals surface area (Å²) in [5, 5.41) is 19.0. The Bertz CT molecular complexity index is 654. The average Bonchev–Trinajstić information content (AvgIpc) is 2.93. The fourth-order valence-corrected chi connectivity index (χ4v) is 1.61. The van der Waals surface area contributed by atoms with Crippen molar-refractivity contribution in [2.75, 3.05) is 0 Å². The lowest BCUT2D eigenvalue weighted by Crippen LogP contribution is -2.27. The van der Waals surface area contributed by atoms with Crippen LogP contribution in [0.25, 0.3) is 0 Å². The Morgan fingerprint density at radius 1 is 1.38 bits per heavy atom. The van der Waals surface area contributed by atoms with Crippen LogP contribution in [-0.2, 0) is 24.4 Å². The average molecular weight is 290 g/mol. The molecule has 0 bridgehead atoms. The van der Waals surface area contributed by atoms with Crippen LogP contribution in [0.4, 0.5) is 0 Å². The van der Waals surface area contributed by atoms with E-state index in [9.17, 15) is 9.59 Å². The zero-order chi connectivity index (χ0) is 15.2. The van der Waals surface area contributed by atoms with Gasteiger partial charge in [0.25, 0.3) is 0 Å². The molecule has 0 unspecified atom stereocenters. The van der Waals surface area contributed by atoms with Crippen LogP contribution in [0.15, 0.2) is 24.5 Å². The van der Waals surface area contributed by atoms with E-state index in [4.69, 9.17) is 10.8 Å². The molecule has 0 aromatic carbocycles. The van der Waals surface area contributed by atoms with Gasteiger partial charge in [0.05, 0.1) is 29.7 Å². The van der Waals surface area contributed by atoms with Crippen LogP contribution in [0, 0.1) is 0 Å². The Hall–Kier alpha value is -2.81. The van der Waals surface area contributed by atoms with Crippen molar-refractivity contribution < 1.29 is 14.7 Å². The molecule has 110 valence electrons. The monoisotopic (exact) mass is 290 g/mol. The minimum absolute atomic E-state index is 0.00558. The number of hydrogen-bond acceptors (Lipinski definition) is 6. The molecule has 2 heterocycles. The molecule has 1 amide bonds. The highest BCUT2D eigenvalue weighted by Crippen LogP contribution is 2.01. The Labute approximate surface area is 119 Å². The molecule has 2 rings (SSSR count). The molecule has 0 saturated carbocycles. The van der Waals surface area contributed by atoms with Gasteiger partial charge in [0.2, 0.25) is 5.91 Å². The van der Waals surface area contributed by atoms with Gasteiger partial charge in [0.1, 0.15) is 6.54 Å². The number of carbonyl (C=O) groups excluding carboxylic acids is 1. The van der Waals surface area contributed by atoms with Crippen molar-refractivity contribution in [2.45, 2.75) is 19.6 Å². The Kier molecular flexibility index (Phi) is 4.57. The molecule has 0 aliphatic heterocycles. The lowest BCUT2D eigenvalue weighted by molar-refractivity contribution is -0.122. The first-order chi connectivity index (χ1) is 10.1. The van der Waals surface area contributed by atoms with Gasteiger partial charge in [-0.05, 0) is 12.1 Å². The van der Waals surface area contributed by atoms with E-state index in [1.54, 1.807) is 6.20 Å². The number of amides is 1. The van der Waals surface area contributed by atoms with E-state index in [1.165, 1.54) is 23.0 Å². The summed E-state index contributed by atoms with van der Waals surface area (Å²) in [4.78, 5) is 26.5. The number of nitrogens with zero attached hydrogens (tertiary/aromatic N) is 4. The van der Waals surface area contributed by atoms with Crippen LogP contribution in [0.5, 0.6) is 0 Å². The second-order valence-electron chi connectivity index (χ2n) is 4.23. The summed E-state index contributed by atoms with van der Waals surface area (Å²) in [6.45, 7) is 0.400. The zero-order valence-electron chi connectivity index (χ0n) is 11.1. The van der Waals surface area contributed by atoms with Crippen LogP contribution < -0.4 is 11.1 Å². The number of carboxylic acids is 1. The molecule has 0 spiro atoms. The highest BCUT2D eigenvalue weighted by molar-refractivity contribution is 5.87. The number of aromatic nitrogens is 4. The second-order valence-corrected chi connectivity index (χ2v) is 4.23. The summed E-state index contributed by atoms with van der Waals surface area (Å²) in [5.41, 5.74) is 6.58. The van der Waals surface area contributed by atoms with Gasteiger partial charge in [-0.15, -0.1) is 5.10 Å². The smallest absolute Gasteiger partial charge is 0.335 e. The highest BCUT2D eigenvalue weighted by atomic mass is 16.4. The van der Waals surface area contributed by atoms with Gasteiger partial charge in [-0.3, -0.25) is 9.78 Å². The maximum Gasteiger partial charge on any atom is 0.335 e. The molecule has 0 fully saturated rings. The number of rotatable bonds is 6. The van der Waals surface area contributed by atoms with Gasteiger partial charge in [0, 0.05) is 12.7 Å². The van der Waals surface area contributed by atoms with Gasteiger partial charge >= 0.3 is 5.97 Å². The quantitative estimate of drug-likeness (QED) is 0.630. The Balaban J connectivity index is 1.89. The number of carbonyl (C=O) groups is 2. The molecular formula is C12H14N6O3. The molecule has 4 N–H and O–H groups in total. The lowest BCUT2D eigenvalue weighted by atomic mass is 10.2. The third kappa shape index (κ3) is 4.08. The van der Waals surface area contributed by atoms with Crippen molar-refractivity contribution >= 4 is 11.9 Å². The number of nitrogens with one attached hydrogen (secondary N) is 1. The van der Waals surface area contributed by atoms with Crippen LogP contribution in [0.3, 0.4) is 0 Å². The maximum absolute atomic E-state index is 11.7. The summed E-state index contributed by atoms with van der Waals surface area (Å²) in [6.07, 6.45) is 2.97. The van der Waals surface area contributed by atoms with Crippen molar-refractivity contribution in [1.82, 2.24) is 25.3 Å². The van der Waals surface area contributed by atoms with E-state index >= 15 is 0 Å². The summed E-state index contributed by atoms with van der Waals surface area (Å²) in [7, 11) is 0. The fraction of sp³-hybridized carbons (Fsp3) is 0.250. The minimum Gasteiger partial charge on any atom is -0.478 e. The molecule has 0 radical (unpaired) electrons. The maximum atomic E-state index is 11.7. The molecule has 9 heteroatoms. The molecule has 21 heavy (non-hydrogen) atoms. The zero-order valence-corrected chi connectivity index (χ0v) is 11.1. The van der Waals surface area contributed by atoms with E-state index in [0.29, 0.717) is 11.4 Å². The Morgan fingerprint density at radius 3 is 2.86 bits per heavy atom. The number of hydrogen-bond donors (Lipinski definition) is 3. The van der Waals surface area contributed by atoms with Crippen molar-refractivity contribution in [2.24, 2.45) is 5.73 Å². The molecule has 0 aliphatic rings. The summed E-state index contributed by atoms with van der Waals surface area (Å²) < 4.78 is 1.37. The van der Waals surface area contributed by atoms with E-state index < -0.39 is 5.97 Å². The van der Waals surface area contributed by atoms with E-state index in [2.05, 4.69) is 20.6 Å². The SMILES string of the molecule is NCc1cn(CC(=O)NCc2cc(C(=O)O)ccn2)nn1. The molecular weight excluding hydrogens is 276 g/mol. The summed E-state index contributed by atoms with van der Waals surface area (Å²) in [6, 6.07) is 2.79. The van der Waals surface area contributed by atoms with Gasteiger partial charge in [0.15, 0.2) is 0 Å². The largest absolute Gasteiger partial charge is 0.478 e. The third-order valence-corrected chi connectivity index (χ3v) is 2.63. The second kappa shape index (κ2) is 6.57. The normalized spacial score (nSPS) is 10.3. The summed E-state index contributed by atoms with van der Waals surface area (Å²) >= 11 is 0. The van der Waals surface area contributed by atoms with E-state index in [0.717, 1.165) is 0 Å². The van der Waals surface area contributed by atoms with Crippen molar-refractivity contribution in [1.29, 1.82) is 0 Å². The summed E-state index contributed by atoms with van der Waals surface area (Å²) in [5.74, 6) is -1.33. The first-order valence-corrected chi connectivity index (χ1v) is 6.12. The molecule has 0 atom stereocenters. The van der Waals surface area contributed by atoms with E-state index in [-0.39, 0.29) is 31.1 Å². The van der Waals surface area contributed by atoms with E-state index in [1.807, 2.05) is 0 Å². The van der Waals surface area contributed by atoms with Crippen molar-refractivity contribution in [3.8, 4) is 0 Å². The standard InChI is InChI=1S/C12H14N6O3/c13-4-10-6-18(17-16-10)7-11(19)15-5-9-3-8(12(20)21)1-2-14-9/h1-3,6H,4-5,7,13H2,(H,15,19)(H,20,21). The number of pyridine rings is 1. The molecule has 9 nitrogen and oxygen atoms in total. The number of aromatic carboxylic acids is 1. The third-order valence-electron chi connectivity index (χ3n) is 2.63. The highest BCUT2D eigenvalue weighted by Gasteiger charge is 2.07. The molecule has 0 aliphatic carbocycles. The topological polar surface area (TPSA) is 136 Å².